The molecule has 1 saturated heterocycles. The van der Waals surface area contributed by atoms with Gasteiger partial charge >= 0.3 is 5.97 Å². The van der Waals surface area contributed by atoms with Gasteiger partial charge in [0.2, 0.25) is 0 Å². The van der Waals surface area contributed by atoms with Crippen molar-refractivity contribution in [2.75, 3.05) is 26.2 Å². The number of carbonyl (C=O) groups is 3. The first kappa shape index (κ1) is 22.5. The summed E-state index contributed by atoms with van der Waals surface area (Å²) in [5.74, 6) is -1.44. The Kier molecular flexibility index (Phi) is 7.06. The minimum Gasteiger partial charge on any atom is -0.458 e. The maximum absolute atomic E-state index is 13.0. The predicted molar refractivity (Wildman–Crippen MR) is 115 cm³/mol. The molecule has 2 aromatic rings. The lowest BCUT2D eigenvalue weighted by atomic mass is 10.1. The van der Waals surface area contributed by atoms with Crippen LogP contribution in [0.3, 0.4) is 0 Å². The summed E-state index contributed by atoms with van der Waals surface area (Å²) >= 11 is 0. The highest BCUT2D eigenvalue weighted by Gasteiger charge is 2.31. The molecule has 0 saturated carbocycles. The highest BCUT2D eigenvalue weighted by atomic mass is 16.6. The van der Waals surface area contributed by atoms with E-state index in [4.69, 9.17) is 4.74 Å². The number of imidazole rings is 1. The van der Waals surface area contributed by atoms with Crippen LogP contribution in [-0.4, -0.2) is 70.5 Å². The van der Waals surface area contributed by atoms with E-state index in [1.807, 2.05) is 30.3 Å². The molecule has 9 heteroatoms. The number of nitrogens with one attached hydrogen (secondary N) is 3. The van der Waals surface area contributed by atoms with Crippen molar-refractivity contribution in [3.05, 3.63) is 53.6 Å². The number of esters is 1. The number of piperazine rings is 1. The standard InChI is InChI=1S/C22H29N5O4/c1-22(2,3)31-21(30)16(13-15-7-5-4-6-8-15)26-19(28)17-18(25-14-24-17)20(29)27-11-9-23-10-12-27/h4-8,14,16,23H,9-13H2,1-3H3,(H,24,25)(H,26,28)/t16-/m0/s1. The number of aromatic nitrogens is 2. The fourth-order valence-corrected chi connectivity index (χ4v) is 3.30. The zero-order valence-electron chi connectivity index (χ0n) is 18.1. The Morgan fingerprint density at radius 3 is 2.48 bits per heavy atom. The number of carbonyl (C=O) groups excluding carboxylic acids is 3. The van der Waals surface area contributed by atoms with Crippen LogP contribution in [0, 0.1) is 0 Å². The van der Waals surface area contributed by atoms with Crippen LogP contribution in [0.15, 0.2) is 36.7 Å². The van der Waals surface area contributed by atoms with Crippen LogP contribution in [0.1, 0.15) is 47.3 Å². The molecule has 9 nitrogen and oxygen atoms in total. The van der Waals surface area contributed by atoms with E-state index in [0.29, 0.717) is 26.2 Å². The van der Waals surface area contributed by atoms with E-state index in [0.717, 1.165) is 5.56 Å². The van der Waals surface area contributed by atoms with Crippen LogP contribution in [0.25, 0.3) is 0 Å². The minimum absolute atomic E-state index is 0.0369. The van der Waals surface area contributed by atoms with Gasteiger partial charge in [-0.1, -0.05) is 30.3 Å². The van der Waals surface area contributed by atoms with Gasteiger partial charge < -0.3 is 25.3 Å². The predicted octanol–water partition coefficient (Wildman–Crippen LogP) is 1.14. The molecule has 0 spiro atoms. The highest BCUT2D eigenvalue weighted by molar-refractivity contribution is 6.05. The molecule has 0 unspecified atom stereocenters. The first-order chi connectivity index (χ1) is 14.7. The second kappa shape index (κ2) is 9.74. The van der Waals surface area contributed by atoms with Gasteiger partial charge in [-0.05, 0) is 26.3 Å². The fraction of sp³-hybridized carbons (Fsp3) is 0.455. The maximum atomic E-state index is 13.0. The average molecular weight is 428 g/mol. The summed E-state index contributed by atoms with van der Waals surface area (Å²) in [4.78, 5) is 47.1. The van der Waals surface area contributed by atoms with Crippen molar-refractivity contribution < 1.29 is 19.1 Å². The smallest absolute Gasteiger partial charge is 0.329 e. The van der Waals surface area contributed by atoms with E-state index >= 15 is 0 Å². The van der Waals surface area contributed by atoms with Crippen molar-refractivity contribution in [3.8, 4) is 0 Å². The number of rotatable bonds is 6. The molecule has 31 heavy (non-hydrogen) atoms. The molecule has 3 N–H and O–H groups in total. The molecule has 2 amide bonds. The lowest BCUT2D eigenvalue weighted by Crippen LogP contribution is -2.48. The second-order valence-corrected chi connectivity index (χ2v) is 8.42. The minimum atomic E-state index is -0.923. The number of ether oxygens (including phenoxy) is 1. The third-order valence-electron chi connectivity index (χ3n) is 4.75. The SMILES string of the molecule is CC(C)(C)OC(=O)[C@H](Cc1ccccc1)NC(=O)c1nc[nH]c1C(=O)N1CCNCC1. The van der Waals surface area contributed by atoms with Crippen molar-refractivity contribution in [2.24, 2.45) is 0 Å². The number of aromatic amines is 1. The van der Waals surface area contributed by atoms with E-state index in [9.17, 15) is 14.4 Å². The van der Waals surface area contributed by atoms with Crippen molar-refractivity contribution >= 4 is 17.8 Å². The molecule has 0 bridgehead atoms. The molecule has 166 valence electrons. The zero-order valence-corrected chi connectivity index (χ0v) is 18.1. The summed E-state index contributed by atoms with van der Waals surface area (Å²) in [6.07, 6.45) is 1.57. The fourth-order valence-electron chi connectivity index (χ4n) is 3.30. The van der Waals surface area contributed by atoms with Gasteiger partial charge in [0, 0.05) is 32.6 Å². The topological polar surface area (TPSA) is 116 Å². The number of benzene rings is 1. The molecule has 1 aromatic heterocycles. The summed E-state index contributed by atoms with van der Waals surface area (Å²) < 4.78 is 5.50. The van der Waals surface area contributed by atoms with Crippen molar-refractivity contribution in [2.45, 2.75) is 38.8 Å². The van der Waals surface area contributed by atoms with Gasteiger partial charge in [0.15, 0.2) is 5.69 Å². The zero-order chi connectivity index (χ0) is 22.4. The van der Waals surface area contributed by atoms with Gasteiger partial charge in [0.05, 0.1) is 6.33 Å². The molecule has 2 heterocycles. The number of hydrogen-bond donors (Lipinski definition) is 3. The molecule has 0 aliphatic carbocycles. The molecule has 1 aliphatic heterocycles. The molecule has 1 fully saturated rings. The van der Waals surface area contributed by atoms with Crippen molar-refractivity contribution in [1.82, 2.24) is 25.5 Å². The number of nitrogens with zero attached hydrogens (tertiary/aromatic N) is 2. The molecule has 1 aliphatic rings. The van der Waals surface area contributed by atoms with Crippen LogP contribution >= 0.6 is 0 Å². The van der Waals surface area contributed by atoms with Crippen LogP contribution in [0.5, 0.6) is 0 Å². The Balaban J connectivity index is 1.78. The summed E-state index contributed by atoms with van der Waals surface area (Å²) in [5.41, 5.74) is 0.247. The van der Waals surface area contributed by atoms with Crippen molar-refractivity contribution in [3.63, 3.8) is 0 Å². The third kappa shape index (κ3) is 6.14. The highest BCUT2D eigenvalue weighted by Crippen LogP contribution is 2.13. The summed E-state index contributed by atoms with van der Waals surface area (Å²) in [5, 5.41) is 5.89. The normalized spacial score (nSPS) is 15.3. The van der Waals surface area contributed by atoms with Crippen molar-refractivity contribution in [1.29, 1.82) is 0 Å². The van der Waals surface area contributed by atoms with Gasteiger partial charge in [-0.2, -0.15) is 0 Å². The Morgan fingerprint density at radius 2 is 1.84 bits per heavy atom. The summed E-state index contributed by atoms with van der Waals surface area (Å²) in [6, 6.07) is 8.42. The second-order valence-electron chi connectivity index (χ2n) is 8.42. The van der Waals surface area contributed by atoms with E-state index in [1.165, 1.54) is 6.33 Å². The van der Waals surface area contributed by atoms with Crippen LogP contribution < -0.4 is 10.6 Å². The average Bonchev–Trinajstić information content (AvgIpc) is 3.23. The Bertz CT molecular complexity index is 913. The lowest BCUT2D eigenvalue weighted by molar-refractivity contribution is -0.157. The molecule has 3 rings (SSSR count). The Labute approximate surface area is 181 Å². The van der Waals surface area contributed by atoms with E-state index < -0.39 is 23.5 Å². The molecule has 1 aromatic carbocycles. The number of amides is 2. The van der Waals surface area contributed by atoms with Gasteiger partial charge in [-0.3, -0.25) is 9.59 Å². The largest absolute Gasteiger partial charge is 0.458 e. The summed E-state index contributed by atoms with van der Waals surface area (Å²) in [6.45, 7) is 7.79. The third-order valence-corrected chi connectivity index (χ3v) is 4.75. The first-order valence-corrected chi connectivity index (χ1v) is 10.4. The molecule has 1 atom stereocenters. The quantitative estimate of drug-likeness (QED) is 0.596. The van der Waals surface area contributed by atoms with E-state index in [-0.39, 0.29) is 23.7 Å². The van der Waals surface area contributed by atoms with Crippen LogP contribution in [0.2, 0.25) is 0 Å². The van der Waals surface area contributed by atoms with E-state index in [1.54, 1.807) is 25.7 Å². The van der Waals surface area contributed by atoms with Gasteiger partial charge in [-0.25, -0.2) is 9.78 Å². The van der Waals surface area contributed by atoms with Gasteiger partial charge in [0.1, 0.15) is 17.3 Å². The Hall–Kier alpha value is -3.20. The molecule has 0 radical (unpaired) electrons. The first-order valence-electron chi connectivity index (χ1n) is 10.4. The molecular weight excluding hydrogens is 398 g/mol. The van der Waals surface area contributed by atoms with Crippen LogP contribution in [-0.2, 0) is 16.0 Å². The van der Waals surface area contributed by atoms with Gasteiger partial charge in [-0.15, -0.1) is 0 Å². The summed E-state index contributed by atoms with van der Waals surface area (Å²) in [7, 11) is 0. The Morgan fingerprint density at radius 1 is 1.16 bits per heavy atom. The lowest BCUT2D eigenvalue weighted by Gasteiger charge is -2.27. The number of H-pyrrole nitrogens is 1. The van der Waals surface area contributed by atoms with Gasteiger partial charge in [0.25, 0.3) is 11.8 Å². The monoisotopic (exact) mass is 427 g/mol. The molecular formula is C22H29N5O4. The maximum Gasteiger partial charge on any atom is 0.329 e. The van der Waals surface area contributed by atoms with Crippen LogP contribution in [0.4, 0.5) is 0 Å². The number of hydrogen-bond acceptors (Lipinski definition) is 6. The van der Waals surface area contributed by atoms with E-state index in [2.05, 4.69) is 20.6 Å².